The molecular weight excluding hydrogens is 198 g/mol. The molecule has 0 aliphatic heterocycles. The zero-order valence-corrected chi connectivity index (χ0v) is 10.3. The van der Waals surface area contributed by atoms with Gasteiger partial charge >= 0.3 is 0 Å². The summed E-state index contributed by atoms with van der Waals surface area (Å²) in [6.07, 6.45) is 3.60. The molecule has 2 nitrogen and oxygen atoms in total. The van der Waals surface area contributed by atoms with Crippen molar-refractivity contribution < 1.29 is 4.79 Å². The summed E-state index contributed by atoms with van der Waals surface area (Å²) in [6.45, 7) is 6.42. The maximum Gasteiger partial charge on any atom is 0.120 e. The number of unbranched alkanes of at least 4 members (excludes halogenated alkanes) is 1. The summed E-state index contributed by atoms with van der Waals surface area (Å²) < 4.78 is 0. The summed E-state index contributed by atoms with van der Waals surface area (Å²) in [5.74, 6) is 0. The summed E-state index contributed by atoms with van der Waals surface area (Å²) in [4.78, 5) is 12.5. The molecule has 0 N–H and O–H groups in total. The summed E-state index contributed by atoms with van der Waals surface area (Å²) in [5.41, 5.74) is 2.60. The minimum absolute atomic E-state index is 0.664. The molecule has 16 heavy (non-hydrogen) atoms. The van der Waals surface area contributed by atoms with Gasteiger partial charge in [-0.2, -0.15) is 0 Å². The van der Waals surface area contributed by atoms with E-state index >= 15 is 0 Å². The van der Waals surface area contributed by atoms with Gasteiger partial charge in [0.05, 0.1) is 0 Å². The first-order chi connectivity index (χ1) is 7.81. The van der Waals surface area contributed by atoms with Crippen molar-refractivity contribution in [2.75, 3.05) is 18.0 Å². The molecule has 0 saturated carbocycles. The third-order valence-electron chi connectivity index (χ3n) is 2.85. The lowest BCUT2D eigenvalue weighted by atomic mass is 10.1. The van der Waals surface area contributed by atoms with E-state index in [1.165, 1.54) is 11.3 Å². The molecule has 1 aromatic carbocycles. The quantitative estimate of drug-likeness (QED) is 0.519. The van der Waals surface area contributed by atoms with Gasteiger partial charge in [-0.25, -0.2) is 0 Å². The van der Waals surface area contributed by atoms with E-state index in [0.717, 1.165) is 32.2 Å². The van der Waals surface area contributed by atoms with Gasteiger partial charge in [-0.05, 0) is 44.4 Å². The van der Waals surface area contributed by atoms with Crippen LogP contribution >= 0.6 is 0 Å². The zero-order chi connectivity index (χ0) is 11.8. The molecule has 0 heterocycles. The molecule has 1 aromatic rings. The minimum atomic E-state index is 0.664. The molecule has 0 radical (unpaired) electrons. The first kappa shape index (κ1) is 12.8. The van der Waals surface area contributed by atoms with Crippen molar-refractivity contribution in [1.82, 2.24) is 0 Å². The Kier molecular flexibility index (Phi) is 5.62. The predicted octanol–water partition coefficient (Wildman–Crippen LogP) is 3.05. The van der Waals surface area contributed by atoms with E-state index in [9.17, 15) is 4.79 Å². The van der Waals surface area contributed by atoms with Crippen LogP contribution in [0, 0.1) is 0 Å². The van der Waals surface area contributed by atoms with Crippen LogP contribution in [0.25, 0.3) is 0 Å². The Morgan fingerprint density at radius 1 is 1.12 bits per heavy atom. The predicted molar refractivity (Wildman–Crippen MR) is 69.0 cm³/mol. The zero-order valence-electron chi connectivity index (χ0n) is 10.3. The third kappa shape index (κ3) is 3.69. The Morgan fingerprint density at radius 3 is 2.25 bits per heavy atom. The highest BCUT2D eigenvalue weighted by atomic mass is 16.1. The van der Waals surface area contributed by atoms with E-state index in [1.54, 1.807) is 0 Å². The van der Waals surface area contributed by atoms with Gasteiger partial charge in [0.25, 0.3) is 0 Å². The van der Waals surface area contributed by atoms with Crippen molar-refractivity contribution in [3.8, 4) is 0 Å². The first-order valence-corrected chi connectivity index (χ1v) is 6.09. The average Bonchev–Trinajstić information content (AvgIpc) is 2.33. The second kappa shape index (κ2) is 7.04. The highest BCUT2D eigenvalue weighted by molar-refractivity contribution is 5.49. The molecule has 0 unspecified atom stereocenters. The third-order valence-corrected chi connectivity index (χ3v) is 2.85. The largest absolute Gasteiger partial charge is 0.372 e. The van der Waals surface area contributed by atoms with Gasteiger partial charge in [0.2, 0.25) is 0 Å². The van der Waals surface area contributed by atoms with Crippen LogP contribution < -0.4 is 4.90 Å². The summed E-state index contributed by atoms with van der Waals surface area (Å²) in [5, 5.41) is 0. The molecule has 1 rings (SSSR count). The lowest BCUT2D eigenvalue weighted by molar-refractivity contribution is -0.107. The van der Waals surface area contributed by atoms with Gasteiger partial charge in [0.15, 0.2) is 0 Å². The van der Waals surface area contributed by atoms with Crippen molar-refractivity contribution in [3.63, 3.8) is 0 Å². The van der Waals surface area contributed by atoms with Gasteiger partial charge in [0.1, 0.15) is 6.29 Å². The van der Waals surface area contributed by atoms with E-state index in [2.05, 4.69) is 43.0 Å². The van der Waals surface area contributed by atoms with Crippen molar-refractivity contribution >= 4 is 12.0 Å². The number of carbonyl (C=O) groups excluding carboxylic acids is 1. The van der Waals surface area contributed by atoms with Crippen LogP contribution in [0.4, 0.5) is 5.69 Å². The summed E-state index contributed by atoms with van der Waals surface area (Å²) >= 11 is 0. The molecule has 0 amide bonds. The summed E-state index contributed by atoms with van der Waals surface area (Å²) in [7, 11) is 0. The number of nitrogens with zero attached hydrogens (tertiary/aromatic N) is 1. The Bertz CT molecular complexity index is 301. The Morgan fingerprint density at radius 2 is 1.75 bits per heavy atom. The van der Waals surface area contributed by atoms with E-state index < -0.39 is 0 Å². The number of aldehydes is 1. The number of hydrogen-bond acceptors (Lipinski definition) is 2. The SMILES string of the molecule is CCN(CC)c1ccc(CCCC=O)cc1. The highest BCUT2D eigenvalue weighted by Crippen LogP contribution is 2.15. The van der Waals surface area contributed by atoms with Crippen LogP contribution in [0.3, 0.4) is 0 Å². The van der Waals surface area contributed by atoms with Crippen LogP contribution in [-0.2, 0) is 11.2 Å². The second-order valence-corrected chi connectivity index (χ2v) is 3.90. The molecule has 0 spiro atoms. The minimum Gasteiger partial charge on any atom is -0.372 e. The van der Waals surface area contributed by atoms with Crippen molar-refractivity contribution in [2.45, 2.75) is 33.1 Å². The lowest BCUT2D eigenvalue weighted by Gasteiger charge is -2.21. The van der Waals surface area contributed by atoms with Crippen LogP contribution in [0.1, 0.15) is 32.3 Å². The van der Waals surface area contributed by atoms with E-state index in [1.807, 2.05) is 0 Å². The van der Waals surface area contributed by atoms with Crippen LogP contribution in [0.5, 0.6) is 0 Å². The Labute approximate surface area is 98.3 Å². The Balaban J connectivity index is 2.56. The van der Waals surface area contributed by atoms with Gasteiger partial charge in [-0.3, -0.25) is 0 Å². The monoisotopic (exact) mass is 219 g/mol. The van der Waals surface area contributed by atoms with E-state index in [0.29, 0.717) is 6.42 Å². The molecule has 0 fully saturated rings. The average molecular weight is 219 g/mol. The topological polar surface area (TPSA) is 20.3 Å². The maximum atomic E-state index is 10.2. The number of hydrogen-bond donors (Lipinski definition) is 0. The molecular formula is C14H21NO. The van der Waals surface area contributed by atoms with Gasteiger partial charge < -0.3 is 9.69 Å². The van der Waals surface area contributed by atoms with Crippen LogP contribution in [0.2, 0.25) is 0 Å². The number of anilines is 1. The number of carbonyl (C=O) groups is 1. The standard InChI is InChI=1S/C14H21NO/c1-3-15(4-2)14-10-8-13(9-11-14)7-5-6-12-16/h8-12H,3-7H2,1-2H3. The molecule has 2 heteroatoms. The number of rotatable bonds is 7. The number of benzene rings is 1. The van der Waals surface area contributed by atoms with Crippen LogP contribution in [0.15, 0.2) is 24.3 Å². The smallest absolute Gasteiger partial charge is 0.120 e. The van der Waals surface area contributed by atoms with Crippen molar-refractivity contribution in [3.05, 3.63) is 29.8 Å². The van der Waals surface area contributed by atoms with Gasteiger partial charge in [0, 0.05) is 25.2 Å². The van der Waals surface area contributed by atoms with Gasteiger partial charge in [-0.1, -0.05) is 12.1 Å². The fourth-order valence-corrected chi connectivity index (χ4v) is 1.85. The molecule has 0 aliphatic rings. The van der Waals surface area contributed by atoms with Crippen LogP contribution in [-0.4, -0.2) is 19.4 Å². The first-order valence-electron chi connectivity index (χ1n) is 6.09. The molecule has 0 bridgehead atoms. The van der Waals surface area contributed by atoms with Crippen molar-refractivity contribution in [1.29, 1.82) is 0 Å². The number of aryl methyl sites for hydroxylation is 1. The normalized spacial score (nSPS) is 10.1. The highest BCUT2D eigenvalue weighted by Gasteiger charge is 2.00. The molecule has 88 valence electrons. The summed E-state index contributed by atoms with van der Waals surface area (Å²) in [6, 6.07) is 8.67. The second-order valence-electron chi connectivity index (χ2n) is 3.90. The van der Waals surface area contributed by atoms with Gasteiger partial charge in [-0.15, -0.1) is 0 Å². The molecule has 0 aliphatic carbocycles. The molecule has 0 atom stereocenters. The molecule has 0 aromatic heterocycles. The van der Waals surface area contributed by atoms with E-state index in [-0.39, 0.29) is 0 Å². The fraction of sp³-hybridized carbons (Fsp3) is 0.500. The maximum absolute atomic E-state index is 10.2. The fourth-order valence-electron chi connectivity index (χ4n) is 1.85. The molecule has 0 saturated heterocycles. The Hall–Kier alpha value is -1.31. The lowest BCUT2D eigenvalue weighted by Crippen LogP contribution is -2.21. The van der Waals surface area contributed by atoms with Crippen molar-refractivity contribution in [2.24, 2.45) is 0 Å². The van der Waals surface area contributed by atoms with E-state index in [4.69, 9.17) is 0 Å².